The maximum Gasteiger partial charge on any atom is 0.328 e. The molecule has 1 saturated carbocycles. The van der Waals surface area contributed by atoms with Crippen LogP contribution >= 0.6 is 0 Å². The van der Waals surface area contributed by atoms with Crippen molar-refractivity contribution in [1.82, 2.24) is 5.32 Å². The molecule has 1 heterocycles. The lowest BCUT2D eigenvalue weighted by molar-refractivity contribution is -0.146. The lowest BCUT2D eigenvalue weighted by Crippen LogP contribution is -2.51. The molecule has 3 N–H and O–H groups in total. The summed E-state index contributed by atoms with van der Waals surface area (Å²) in [6, 6.07) is 15.0. The minimum atomic E-state index is -1.27. The normalized spacial score (nSPS) is 21.9. The monoisotopic (exact) mass is 466 g/mol. The number of ether oxygens (including phenoxy) is 2. The van der Waals surface area contributed by atoms with Gasteiger partial charge in [-0.2, -0.15) is 0 Å². The van der Waals surface area contributed by atoms with Gasteiger partial charge >= 0.3 is 5.97 Å². The van der Waals surface area contributed by atoms with E-state index < -0.39 is 17.6 Å². The van der Waals surface area contributed by atoms with E-state index in [1.807, 2.05) is 36.4 Å². The molecule has 180 valence electrons. The van der Waals surface area contributed by atoms with Gasteiger partial charge in [-0.25, -0.2) is 4.79 Å². The minimum Gasteiger partial charge on any atom is -0.485 e. The third-order valence-electron chi connectivity index (χ3n) is 6.52. The molecular formula is C26H30N2O6. The van der Waals surface area contributed by atoms with E-state index in [0.717, 1.165) is 18.4 Å². The Hall–Kier alpha value is -3.55. The van der Waals surface area contributed by atoms with Crippen molar-refractivity contribution in [1.29, 1.82) is 0 Å². The van der Waals surface area contributed by atoms with E-state index in [1.54, 1.807) is 12.1 Å². The van der Waals surface area contributed by atoms with Gasteiger partial charge in [0.25, 0.3) is 5.91 Å². The van der Waals surface area contributed by atoms with Crippen molar-refractivity contribution in [3.63, 3.8) is 0 Å². The summed E-state index contributed by atoms with van der Waals surface area (Å²) in [5.74, 6) is -0.162. The molecule has 1 unspecified atom stereocenters. The number of carboxylic acid groups (broad SMARTS) is 1. The van der Waals surface area contributed by atoms with Crippen LogP contribution in [0.3, 0.4) is 0 Å². The highest BCUT2D eigenvalue weighted by Crippen LogP contribution is 2.36. The van der Waals surface area contributed by atoms with Gasteiger partial charge in [0.1, 0.15) is 12.1 Å². The van der Waals surface area contributed by atoms with Gasteiger partial charge in [-0.15, -0.1) is 0 Å². The van der Waals surface area contributed by atoms with E-state index >= 15 is 0 Å². The number of hydrogen-bond acceptors (Lipinski definition) is 5. The van der Waals surface area contributed by atoms with Crippen LogP contribution in [0, 0.1) is 5.92 Å². The number of hydrogen-bond donors (Lipinski definition) is 3. The van der Waals surface area contributed by atoms with Crippen molar-refractivity contribution in [3.05, 3.63) is 54.1 Å². The Morgan fingerprint density at radius 1 is 0.912 bits per heavy atom. The summed E-state index contributed by atoms with van der Waals surface area (Å²) in [6.07, 6.45) is 2.41. The first-order chi connectivity index (χ1) is 16.2. The summed E-state index contributed by atoms with van der Waals surface area (Å²) in [5.41, 5.74) is 0.570. The second kappa shape index (κ2) is 9.75. The van der Waals surface area contributed by atoms with E-state index in [4.69, 9.17) is 9.47 Å². The Morgan fingerprint density at radius 2 is 1.56 bits per heavy atom. The smallest absolute Gasteiger partial charge is 0.328 e. The van der Waals surface area contributed by atoms with Crippen LogP contribution in [0.15, 0.2) is 48.5 Å². The Labute approximate surface area is 198 Å². The number of amides is 2. The van der Waals surface area contributed by atoms with Crippen LogP contribution in [0.5, 0.6) is 11.5 Å². The molecule has 2 aromatic carbocycles. The average molecular weight is 467 g/mol. The van der Waals surface area contributed by atoms with Crippen LogP contribution in [-0.4, -0.2) is 41.1 Å². The minimum absolute atomic E-state index is 0.154. The van der Waals surface area contributed by atoms with Crippen molar-refractivity contribution >= 4 is 23.5 Å². The first kappa shape index (κ1) is 23.6. The Bertz CT molecular complexity index is 1060. The van der Waals surface area contributed by atoms with Gasteiger partial charge in [0.2, 0.25) is 12.0 Å². The summed E-state index contributed by atoms with van der Waals surface area (Å²) < 4.78 is 11.4. The number of fused-ring (bicyclic) bond motifs is 1. The number of benzene rings is 2. The summed E-state index contributed by atoms with van der Waals surface area (Å²) in [4.78, 5) is 36.3. The first-order valence-electron chi connectivity index (χ1n) is 11.6. The number of carbonyl (C=O) groups excluding carboxylic acids is 2. The molecular weight excluding hydrogens is 436 g/mol. The van der Waals surface area contributed by atoms with Gasteiger partial charge in [-0.05, 0) is 75.3 Å². The number of nitrogens with one attached hydrogen (secondary N) is 2. The van der Waals surface area contributed by atoms with Crippen molar-refractivity contribution < 1.29 is 29.0 Å². The van der Waals surface area contributed by atoms with E-state index in [9.17, 15) is 19.5 Å². The van der Waals surface area contributed by atoms with Crippen LogP contribution < -0.4 is 20.1 Å². The predicted molar refractivity (Wildman–Crippen MR) is 126 cm³/mol. The third kappa shape index (κ3) is 5.32. The van der Waals surface area contributed by atoms with Crippen LogP contribution in [0.25, 0.3) is 0 Å². The fourth-order valence-corrected chi connectivity index (χ4v) is 4.36. The zero-order chi connectivity index (χ0) is 24.3. The summed E-state index contributed by atoms with van der Waals surface area (Å²) in [5, 5.41) is 14.7. The molecule has 2 amide bonds. The summed E-state index contributed by atoms with van der Waals surface area (Å²) in [6.45, 7) is 3.14. The zero-order valence-electron chi connectivity index (χ0n) is 19.4. The van der Waals surface area contributed by atoms with E-state index in [2.05, 4.69) is 10.6 Å². The SMILES string of the molecule is CC(C)(NC(=O)[C@H]1CC[C@H](c2ccc(NC(=O)C3COc4ccccc4O3)cc2)CC1)C(=O)O. The molecule has 0 spiro atoms. The van der Waals surface area contributed by atoms with E-state index in [1.165, 1.54) is 13.8 Å². The molecule has 8 heteroatoms. The highest BCUT2D eigenvalue weighted by atomic mass is 16.6. The number of anilines is 1. The van der Waals surface area contributed by atoms with E-state index in [0.29, 0.717) is 35.9 Å². The van der Waals surface area contributed by atoms with Crippen LogP contribution in [0.4, 0.5) is 5.69 Å². The lowest BCUT2D eigenvalue weighted by atomic mass is 9.78. The molecule has 4 rings (SSSR count). The molecule has 0 aromatic heterocycles. The molecule has 0 bridgehead atoms. The second-order valence-electron chi connectivity index (χ2n) is 9.44. The standard InChI is InChI=1S/C26H30N2O6/c1-26(2,25(31)32)28-23(29)18-9-7-16(8-10-18)17-11-13-19(14-12-17)27-24(30)22-15-33-20-5-3-4-6-21(20)34-22/h3-6,11-14,16,18,22H,7-10,15H2,1-2H3,(H,27,30)(H,28,29)(H,31,32)/t16-,18-,22?. The molecule has 1 atom stereocenters. The largest absolute Gasteiger partial charge is 0.485 e. The van der Waals surface area contributed by atoms with Gasteiger partial charge in [-0.1, -0.05) is 24.3 Å². The third-order valence-corrected chi connectivity index (χ3v) is 6.52. The molecule has 2 aromatic rings. The fraction of sp³-hybridized carbons (Fsp3) is 0.423. The van der Waals surface area contributed by atoms with Crippen molar-refractivity contribution in [2.45, 2.75) is 57.1 Å². The molecule has 8 nitrogen and oxygen atoms in total. The van der Waals surface area contributed by atoms with Gasteiger partial charge < -0.3 is 25.2 Å². The van der Waals surface area contributed by atoms with E-state index in [-0.39, 0.29) is 24.3 Å². The Kier molecular flexibility index (Phi) is 6.77. The maximum atomic E-state index is 12.6. The highest BCUT2D eigenvalue weighted by Gasteiger charge is 2.34. The average Bonchev–Trinajstić information content (AvgIpc) is 2.84. The van der Waals surface area contributed by atoms with Crippen molar-refractivity contribution in [2.24, 2.45) is 5.92 Å². The van der Waals surface area contributed by atoms with Crippen molar-refractivity contribution in [3.8, 4) is 11.5 Å². The summed E-state index contributed by atoms with van der Waals surface area (Å²) in [7, 11) is 0. The number of para-hydroxylation sites is 2. The predicted octanol–water partition coefficient (Wildman–Crippen LogP) is 3.72. The molecule has 1 fully saturated rings. The number of carbonyl (C=O) groups is 3. The molecule has 0 saturated heterocycles. The van der Waals surface area contributed by atoms with Gasteiger partial charge in [0.15, 0.2) is 11.5 Å². The zero-order valence-corrected chi connectivity index (χ0v) is 19.4. The van der Waals surface area contributed by atoms with Gasteiger partial charge in [0.05, 0.1) is 0 Å². The Balaban J connectivity index is 1.28. The quantitative estimate of drug-likeness (QED) is 0.598. The van der Waals surface area contributed by atoms with Crippen molar-refractivity contribution in [2.75, 3.05) is 11.9 Å². The molecule has 1 aliphatic carbocycles. The summed E-state index contributed by atoms with van der Waals surface area (Å²) >= 11 is 0. The lowest BCUT2D eigenvalue weighted by Gasteiger charge is -2.30. The number of rotatable bonds is 6. The fourth-order valence-electron chi connectivity index (χ4n) is 4.36. The highest BCUT2D eigenvalue weighted by molar-refractivity contribution is 5.94. The molecule has 0 radical (unpaired) electrons. The number of carboxylic acids is 1. The van der Waals surface area contributed by atoms with Crippen LogP contribution in [-0.2, 0) is 14.4 Å². The molecule has 34 heavy (non-hydrogen) atoms. The second-order valence-corrected chi connectivity index (χ2v) is 9.44. The molecule has 1 aliphatic heterocycles. The van der Waals surface area contributed by atoms with Gasteiger partial charge in [0, 0.05) is 11.6 Å². The van der Waals surface area contributed by atoms with Crippen LogP contribution in [0.1, 0.15) is 51.0 Å². The first-order valence-corrected chi connectivity index (χ1v) is 11.6. The molecule has 2 aliphatic rings. The Morgan fingerprint density at radius 3 is 2.21 bits per heavy atom. The van der Waals surface area contributed by atoms with Crippen LogP contribution in [0.2, 0.25) is 0 Å². The maximum absolute atomic E-state index is 12.6. The topological polar surface area (TPSA) is 114 Å². The number of aliphatic carboxylic acids is 1. The van der Waals surface area contributed by atoms with Gasteiger partial charge in [-0.3, -0.25) is 9.59 Å².